The van der Waals surface area contributed by atoms with Crippen molar-refractivity contribution in [2.45, 2.75) is 0 Å². The van der Waals surface area contributed by atoms with Crippen molar-refractivity contribution in [3.05, 3.63) is 0 Å². The van der Waals surface area contributed by atoms with Gasteiger partial charge in [0.2, 0.25) is 0 Å². The van der Waals surface area contributed by atoms with Gasteiger partial charge in [-0.1, -0.05) is 0 Å². The van der Waals surface area contributed by atoms with E-state index in [1.54, 1.807) is 0 Å². The molecule has 0 unspecified atom stereocenters. The number of halogens is 3. The van der Waals surface area contributed by atoms with Crippen LogP contribution in [0.15, 0.2) is 0 Å². The maximum atomic E-state index is 7.80. The highest BCUT2D eigenvalue weighted by Crippen LogP contribution is 1.61. The van der Waals surface area contributed by atoms with Crippen molar-refractivity contribution in [3.63, 3.8) is 0 Å². The Bertz CT molecular complexity index is 14.9. The zero-order valence-electron chi connectivity index (χ0n) is 3.53. The van der Waals surface area contributed by atoms with Crippen molar-refractivity contribution < 1.29 is 5.11 Å². The van der Waals surface area contributed by atoms with E-state index in [1.807, 2.05) is 0 Å². The highest BCUT2D eigenvalue weighted by molar-refractivity contribution is 7.80. The van der Waals surface area contributed by atoms with E-state index < -0.39 is 0 Å². The lowest BCUT2D eigenvalue weighted by Gasteiger charge is -1.69. The molecule has 0 aromatic rings. The second-order valence-electron chi connectivity index (χ2n) is 0.447. The van der Waals surface area contributed by atoms with Gasteiger partial charge in [-0.2, -0.15) is 12.6 Å². The van der Waals surface area contributed by atoms with Crippen molar-refractivity contribution in [2.75, 3.05) is 12.4 Å². The Morgan fingerprint density at radius 1 is 1.14 bits per heavy atom. The quantitative estimate of drug-likeness (QED) is 0.591. The predicted molar refractivity (Wildman–Crippen MR) is 42.7 cm³/mol. The first kappa shape index (κ1) is 24.1. The highest BCUT2D eigenvalue weighted by Gasteiger charge is 1.57. The van der Waals surface area contributed by atoms with Crippen molar-refractivity contribution in [3.8, 4) is 0 Å². The van der Waals surface area contributed by atoms with Gasteiger partial charge in [-0.3, -0.25) is 0 Å². The summed E-state index contributed by atoms with van der Waals surface area (Å²) in [5, 5.41) is 7.80. The second-order valence-corrected chi connectivity index (χ2v) is 0.894. The molecular formula is C2H9Cl3OS. The van der Waals surface area contributed by atoms with Crippen LogP contribution in [-0.4, -0.2) is 17.5 Å². The molecule has 0 spiro atoms. The molecule has 0 saturated heterocycles. The molecule has 0 aromatic carbocycles. The molecule has 0 aliphatic heterocycles. The van der Waals surface area contributed by atoms with Crippen molar-refractivity contribution in [1.29, 1.82) is 0 Å². The molecule has 0 aliphatic carbocycles. The Morgan fingerprint density at radius 2 is 1.29 bits per heavy atom. The zero-order valence-corrected chi connectivity index (χ0v) is 6.88. The standard InChI is InChI=1S/C2H6OS.3ClH/c3-1-2-4;;;/h3-4H,1-2H2;3*1H. The van der Waals surface area contributed by atoms with E-state index in [1.165, 1.54) is 0 Å². The van der Waals surface area contributed by atoms with E-state index in [9.17, 15) is 0 Å². The normalized spacial score (nSPS) is 4.29. The Morgan fingerprint density at radius 3 is 1.29 bits per heavy atom. The van der Waals surface area contributed by atoms with E-state index in [0.29, 0.717) is 5.75 Å². The summed E-state index contributed by atoms with van der Waals surface area (Å²) in [7, 11) is 0. The third-order valence-electron chi connectivity index (χ3n) is 0.1000. The Balaban J connectivity index is -0.0000000150. The molecule has 0 heterocycles. The van der Waals surface area contributed by atoms with Gasteiger partial charge in [-0.15, -0.1) is 37.2 Å². The number of thiol groups is 1. The first-order valence-electron chi connectivity index (χ1n) is 1.13. The van der Waals surface area contributed by atoms with E-state index in [4.69, 9.17) is 5.11 Å². The van der Waals surface area contributed by atoms with Gasteiger partial charge in [-0.25, -0.2) is 0 Å². The molecule has 0 aliphatic rings. The minimum absolute atomic E-state index is 0. The average Bonchev–Trinajstić information content (AvgIpc) is 1.37. The minimum atomic E-state index is 0. The van der Waals surface area contributed by atoms with Crippen LogP contribution < -0.4 is 0 Å². The smallest absolute Gasteiger partial charge is 0.0519 e. The topological polar surface area (TPSA) is 20.2 Å². The summed E-state index contributed by atoms with van der Waals surface area (Å²) in [4.78, 5) is 0. The molecule has 0 saturated carbocycles. The molecule has 0 amide bonds. The molecule has 0 fully saturated rings. The lowest BCUT2D eigenvalue weighted by molar-refractivity contribution is 0.323. The van der Waals surface area contributed by atoms with Crippen molar-refractivity contribution in [1.82, 2.24) is 0 Å². The van der Waals surface area contributed by atoms with Gasteiger partial charge in [0.25, 0.3) is 0 Å². The fourth-order valence-electron chi connectivity index (χ4n) is 0. The van der Waals surface area contributed by atoms with E-state index in [2.05, 4.69) is 12.6 Å². The zero-order chi connectivity index (χ0) is 3.41. The van der Waals surface area contributed by atoms with Crippen molar-refractivity contribution in [2.24, 2.45) is 0 Å². The summed E-state index contributed by atoms with van der Waals surface area (Å²) >= 11 is 3.67. The third kappa shape index (κ3) is 40.5. The Labute approximate surface area is 67.5 Å². The maximum Gasteiger partial charge on any atom is 0.0519 e. The van der Waals surface area contributed by atoms with E-state index in [-0.39, 0.29) is 43.8 Å². The lowest BCUT2D eigenvalue weighted by Crippen LogP contribution is -1.76. The van der Waals surface area contributed by atoms with Crippen molar-refractivity contribution >= 4 is 49.8 Å². The van der Waals surface area contributed by atoms with Gasteiger partial charge in [0.15, 0.2) is 0 Å². The average molecular weight is 188 g/mol. The molecule has 7 heavy (non-hydrogen) atoms. The molecule has 0 bridgehead atoms. The Kier molecular flexibility index (Phi) is 93.5. The summed E-state index contributed by atoms with van der Waals surface area (Å²) in [6.07, 6.45) is 0. The molecule has 0 radical (unpaired) electrons. The second kappa shape index (κ2) is 27.1. The Hall–Kier alpha value is 1.18. The molecule has 50 valence electrons. The third-order valence-corrected chi connectivity index (χ3v) is 0.300. The lowest BCUT2D eigenvalue weighted by atomic mass is 10.9. The van der Waals surface area contributed by atoms with Crippen LogP contribution in [0.4, 0.5) is 0 Å². The van der Waals surface area contributed by atoms with Crippen LogP contribution in [0.2, 0.25) is 0 Å². The monoisotopic (exact) mass is 186 g/mol. The predicted octanol–water partition coefficient (Wildman–Crippen LogP) is 1.17. The number of aliphatic hydroxyl groups is 1. The summed E-state index contributed by atoms with van der Waals surface area (Å²) in [5.74, 6) is 0.569. The van der Waals surface area contributed by atoms with E-state index in [0.717, 1.165) is 0 Å². The van der Waals surface area contributed by atoms with Crippen LogP contribution in [0.25, 0.3) is 0 Å². The van der Waals surface area contributed by atoms with Gasteiger partial charge in [0, 0.05) is 5.75 Å². The number of aliphatic hydroxyl groups excluding tert-OH is 1. The summed E-state index contributed by atoms with van der Waals surface area (Å²) in [5.41, 5.74) is 0. The van der Waals surface area contributed by atoms with Gasteiger partial charge in [-0.05, 0) is 0 Å². The molecule has 0 aromatic heterocycles. The summed E-state index contributed by atoms with van der Waals surface area (Å²) < 4.78 is 0. The van der Waals surface area contributed by atoms with Crippen LogP contribution >= 0.6 is 49.8 Å². The van der Waals surface area contributed by atoms with Crippen LogP contribution in [-0.2, 0) is 0 Å². The highest BCUT2D eigenvalue weighted by atomic mass is 35.5. The first-order chi connectivity index (χ1) is 1.91. The molecule has 1 N–H and O–H groups in total. The van der Waals surface area contributed by atoms with Crippen LogP contribution in [0, 0.1) is 0 Å². The first-order valence-corrected chi connectivity index (χ1v) is 1.76. The van der Waals surface area contributed by atoms with Crippen LogP contribution in [0.3, 0.4) is 0 Å². The molecular weight excluding hydrogens is 178 g/mol. The van der Waals surface area contributed by atoms with Crippen LogP contribution in [0.1, 0.15) is 0 Å². The van der Waals surface area contributed by atoms with Gasteiger partial charge >= 0.3 is 0 Å². The van der Waals surface area contributed by atoms with Gasteiger partial charge in [0.1, 0.15) is 0 Å². The number of hydrogen-bond acceptors (Lipinski definition) is 2. The SMILES string of the molecule is Cl.Cl.Cl.OCCS. The minimum Gasteiger partial charge on any atom is -0.396 e. The molecule has 5 heteroatoms. The fraction of sp³-hybridized carbons (Fsp3) is 1.00. The number of hydrogen-bond donors (Lipinski definition) is 2. The summed E-state index contributed by atoms with van der Waals surface area (Å²) in [6.45, 7) is 0.184. The van der Waals surface area contributed by atoms with Gasteiger partial charge < -0.3 is 5.11 Å². The molecule has 0 atom stereocenters. The fourth-order valence-corrected chi connectivity index (χ4v) is 0. The largest absolute Gasteiger partial charge is 0.396 e. The van der Waals surface area contributed by atoms with E-state index >= 15 is 0 Å². The van der Waals surface area contributed by atoms with Gasteiger partial charge in [0.05, 0.1) is 6.61 Å². The number of rotatable bonds is 1. The maximum absolute atomic E-state index is 7.80. The molecule has 0 rings (SSSR count). The summed E-state index contributed by atoms with van der Waals surface area (Å²) in [6, 6.07) is 0. The van der Waals surface area contributed by atoms with Crippen LogP contribution in [0.5, 0.6) is 0 Å². The molecule has 1 nitrogen and oxygen atoms in total.